The number of hydrogen-bond donors (Lipinski definition) is 0. The van der Waals surface area contributed by atoms with Crippen LogP contribution in [0.5, 0.6) is 0 Å². The van der Waals surface area contributed by atoms with Crippen LogP contribution in [0.15, 0.2) is 34.1 Å². The van der Waals surface area contributed by atoms with Gasteiger partial charge in [0.1, 0.15) is 0 Å². The third kappa shape index (κ3) is 2.17. The lowest BCUT2D eigenvalue weighted by Crippen LogP contribution is -2.13. The number of hydrogen-bond acceptors (Lipinski definition) is 2. The molecule has 0 spiro atoms. The summed E-state index contributed by atoms with van der Waals surface area (Å²) in [6.07, 6.45) is 0. The van der Waals surface area contributed by atoms with E-state index in [1.54, 1.807) is 0 Å². The molecule has 0 unspecified atom stereocenters. The zero-order chi connectivity index (χ0) is 14.7. The van der Waals surface area contributed by atoms with Gasteiger partial charge >= 0.3 is 0 Å². The number of benzene rings is 2. The van der Waals surface area contributed by atoms with Gasteiger partial charge in [0.15, 0.2) is 0 Å². The van der Waals surface area contributed by atoms with Gasteiger partial charge in [-0.15, -0.1) is 0 Å². The Bertz CT molecular complexity index is 628. The van der Waals surface area contributed by atoms with E-state index < -0.39 is 0 Å². The van der Waals surface area contributed by atoms with Gasteiger partial charge in [-0.25, -0.2) is 0 Å². The van der Waals surface area contributed by atoms with Gasteiger partial charge in [-0.3, -0.25) is 0 Å². The summed E-state index contributed by atoms with van der Waals surface area (Å²) < 4.78 is 0. The SMILES string of the molecule is CC(C)(C)c1ccc2ccc(C(C)(C)C)c3c2c1SS3. The van der Waals surface area contributed by atoms with Crippen LogP contribution in [0.3, 0.4) is 0 Å². The molecule has 3 rings (SSSR count). The minimum absolute atomic E-state index is 0.205. The summed E-state index contributed by atoms with van der Waals surface area (Å²) in [4.78, 5) is 2.97. The first-order valence-electron chi connectivity index (χ1n) is 7.15. The van der Waals surface area contributed by atoms with Crippen LogP contribution in [-0.2, 0) is 10.8 Å². The van der Waals surface area contributed by atoms with Crippen molar-refractivity contribution in [2.45, 2.75) is 62.2 Å². The van der Waals surface area contributed by atoms with Crippen molar-refractivity contribution in [3.63, 3.8) is 0 Å². The summed E-state index contributed by atoms with van der Waals surface area (Å²) in [5.74, 6) is 0. The highest BCUT2D eigenvalue weighted by Crippen LogP contribution is 2.57. The zero-order valence-corrected chi connectivity index (χ0v) is 14.8. The maximum absolute atomic E-state index is 2.32. The summed E-state index contributed by atoms with van der Waals surface area (Å²) in [6.45, 7) is 13.8. The lowest BCUT2D eigenvalue weighted by molar-refractivity contribution is 0.576. The smallest absolute Gasteiger partial charge is 0.0313 e. The standard InChI is InChI=1S/C18H22S2/c1-17(2,3)12-9-7-11-8-10-13(18(4,5)6)16-14(11)15(12)19-20-16/h7-10H,1-6H3. The quantitative estimate of drug-likeness (QED) is 0.506. The molecule has 106 valence electrons. The summed E-state index contributed by atoms with van der Waals surface area (Å²) in [6, 6.07) is 9.22. The Morgan fingerprint density at radius 2 is 1.05 bits per heavy atom. The third-order valence-electron chi connectivity index (χ3n) is 3.92. The van der Waals surface area contributed by atoms with Crippen LogP contribution in [0.1, 0.15) is 52.7 Å². The Morgan fingerprint density at radius 1 is 0.650 bits per heavy atom. The van der Waals surface area contributed by atoms with Gasteiger partial charge in [0, 0.05) is 15.2 Å². The van der Waals surface area contributed by atoms with Gasteiger partial charge in [-0.1, -0.05) is 87.4 Å². The van der Waals surface area contributed by atoms with E-state index in [4.69, 9.17) is 0 Å². The molecule has 0 aliphatic carbocycles. The first-order chi connectivity index (χ1) is 9.19. The monoisotopic (exact) mass is 302 g/mol. The van der Waals surface area contributed by atoms with Crippen LogP contribution in [-0.4, -0.2) is 0 Å². The third-order valence-corrected chi connectivity index (χ3v) is 6.43. The maximum Gasteiger partial charge on any atom is 0.0313 e. The predicted molar refractivity (Wildman–Crippen MR) is 93.1 cm³/mol. The first-order valence-corrected chi connectivity index (χ1v) is 9.30. The molecule has 0 radical (unpaired) electrons. The highest BCUT2D eigenvalue weighted by molar-refractivity contribution is 8.77. The Morgan fingerprint density at radius 3 is 1.40 bits per heavy atom. The van der Waals surface area contributed by atoms with E-state index in [-0.39, 0.29) is 10.8 Å². The van der Waals surface area contributed by atoms with Crippen LogP contribution in [0, 0.1) is 0 Å². The highest BCUT2D eigenvalue weighted by atomic mass is 33.1. The van der Waals surface area contributed by atoms with E-state index in [2.05, 4.69) is 65.8 Å². The Kier molecular flexibility index (Phi) is 3.19. The highest BCUT2D eigenvalue weighted by Gasteiger charge is 2.29. The molecule has 0 fully saturated rings. The molecule has 2 aromatic rings. The number of rotatable bonds is 0. The van der Waals surface area contributed by atoms with Crippen molar-refractivity contribution in [2.24, 2.45) is 0 Å². The normalized spacial score (nSPS) is 15.1. The van der Waals surface area contributed by atoms with Crippen LogP contribution < -0.4 is 0 Å². The zero-order valence-electron chi connectivity index (χ0n) is 13.1. The largest absolute Gasteiger partial charge is 0.0567 e. The fourth-order valence-corrected chi connectivity index (χ4v) is 6.10. The van der Waals surface area contributed by atoms with Crippen molar-refractivity contribution in [3.05, 3.63) is 35.4 Å². The fourth-order valence-electron chi connectivity index (χ4n) is 2.79. The van der Waals surface area contributed by atoms with Crippen molar-refractivity contribution < 1.29 is 0 Å². The lowest BCUT2D eigenvalue weighted by Gasteiger charge is -2.23. The average molecular weight is 303 g/mol. The van der Waals surface area contributed by atoms with Crippen LogP contribution in [0.25, 0.3) is 10.8 Å². The fraction of sp³-hybridized carbons (Fsp3) is 0.444. The summed E-state index contributed by atoms with van der Waals surface area (Å²) in [5, 5.41) is 2.87. The van der Waals surface area contributed by atoms with Crippen LogP contribution in [0.4, 0.5) is 0 Å². The van der Waals surface area contributed by atoms with E-state index >= 15 is 0 Å². The second-order valence-corrected chi connectivity index (χ2v) is 9.80. The van der Waals surface area contributed by atoms with E-state index in [9.17, 15) is 0 Å². The molecule has 0 amide bonds. The molecule has 2 aromatic carbocycles. The molecule has 0 aromatic heterocycles. The minimum Gasteiger partial charge on any atom is -0.0567 e. The van der Waals surface area contributed by atoms with Crippen molar-refractivity contribution in [2.75, 3.05) is 0 Å². The minimum atomic E-state index is 0.205. The lowest BCUT2D eigenvalue weighted by atomic mass is 9.83. The second kappa shape index (κ2) is 4.45. The van der Waals surface area contributed by atoms with Gasteiger partial charge in [-0.2, -0.15) is 0 Å². The van der Waals surface area contributed by atoms with E-state index in [0.29, 0.717) is 0 Å². The molecule has 0 bridgehead atoms. The molecule has 2 heteroatoms. The summed E-state index contributed by atoms with van der Waals surface area (Å²) in [5.41, 5.74) is 3.37. The predicted octanol–water partition coefficient (Wildman–Crippen LogP) is 6.55. The summed E-state index contributed by atoms with van der Waals surface area (Å²) >= 11 is 0. The Hall–Kier alpha value is -0.600. The molecular formula is C18H22S2. The summed E-state index contributed by atoms with van der Waals surface area (Å²) in [7, 11) is 3.89. The molecular weight excluding hydrogens is 280 g/mol. The van der Waals surface area contributed by atoms with Gasteiger partial charge in [0.05, 0.1) is 0 Å². The molecule has 1 aliphatic heterocycles. The van der Waals surface area contributed by atoms with E-state index in [0.717, 1.165) is 0 Å². The average Bonchev–Trinajstić information content (AvgIpc) is 2.73. The van der Waals surface area contributed by atoms with Gasteiger partial charge in [-0.05, 0) is 27.3 Å². The first kappa shape index (κ1) is 14.3. The van der Waals surface area contributed by atoms with Crippen LogP contribution >= 0.6 is 21.6 Å². The Labute approximate surface area is 130 Å². The van der Waals surface area contributed by atoms with Gasteiger partial charge in [0.25, 0.3) is 0 Å². The van der Waals surface area contributed by atoms with E-state index in [1.165, 1.54) is 31.7 Å². The molecule has 0 saturated carbocycles. The van der Waals surface area contributed by atoms with Crippen molar-refractivity contribution in [3.8, 4) is 0 Å². The van der Waals surface area contributed by atoms with Gasteiger partial charge in [0.2, 0.25) is 0 Å². The second-order valence-electron chi connectivity index (χ2n) is 7.65. The molecule has 0 nitrogen and oxygen atoms in total. The molecule has 0 saturated heterocycles. The maximum atomic E-state index is 2.32. The van der Waals surface area contributed by atoms with Crippen molar-refractivity contribution in [1.29, 1.82) is 0 Å². The molecule has 20 heavy (non-hydrogen) atoms. The molecule has 1 aliphatic rings. The van der Waals surface area contributed by atoms with Gasteiger partial charge < -0.3 is 0 Å². The van der Waals surface area contributed by atoms with Crippen molar-refractivity contribution >= 4 is 32.4 Å². The van der Waals surface area contributed by atoms with Crippen LogP contribution in [0.2, 0.25) is 0 Å². The molecule has 1 heterocycles. The molecule has 0 atom stereocenters. The molecule has 0 N–H and O–H groups in total. The van der Waals surface area contributed by atoms with E-state index in [1.807, 2.05) is 21.6 Å². The van der Waals surface area contributed by atoms with Crippen molar-refractivity contribution in [1.82, 2.24) is 0 Å². The topological polar surface area (TPSA) is 0 Å². The Balaban J connectivity index is 2.37.